The van der Waals surface area contributed by atoms with Crippen molar-refractivity contribution in [3.8, 4) is 0 Å². The smallest absolute Gasteiger partial charge is 0.0464 e. The summed E-state index contributed by atoms with van der Waals surface area (Å²) in [7, 11) is 2.09. The molecule has 2 N–H and O–H groups in total. The third-order valence-electron chi connectivity index (χ3n) is 3.58. The Balaban J connectivity index is 1.99. The second-order valence-electron chi connectivity index (χ2n) is 5.32. The molecular formula is C17H20BrClN2. The minimum absolute atomic E-state index is 0.0575. The molecule has 112 valence electrons. The van der Waals surface area contributed by atoms with Gasteiger partial charge in [0.25, 0.3) is 0 Å². The predicted octanol–water partition coefficient (Wildman–Crippen LogP) is 4.94. The van der Waals surface area contributed by atoms with Crippen molar-refractivity contribution in [1.29, 1.82) is 0 Å². The van der Waals surface area contributed by atoms with Crippen molar-refractivity contribution in [1.82, 2.24) is 0 Å². The SMILES string of the molecule is Cc1cccc(N(C)CCC(N)c2ccc(Br)cc2Cl)c1. The topological polar surface area (TPSA) is 29.3 Å². The maximum atomic E-state index is 6.28. The van der Waals surface area contributed by atoms with E-state index < -0.39 is 0 Å². The number of halogens is 2. The highest BCUT2D eigenvalue weighted by Gasteiger charge is 2.12. The van der Waals surface area contributed by atoms with Crippen LogP contribution in [0, 0.1) is 6.92 Å². The van der Waals surface area contributed by atoms with Crippen LogP contribution in [0.2, 0.25) is 5.02 Å². The van der Waals surface area contributed by atoms with Crippen molar-refractivity contribution in [2.75, 3.05) is 18.5 Å². The molecule has 0 aliphatic carbocycles. The number of anilines is 1. The van der Waals surface area contributed by atoms with Gasteiger partial charge in [-0.05, 0) is 48.7 Å². The Morgan fingerprint density at radius 1 is 1.24 bits per heavy atom. The highest BCUT2D eigenvalue weighted by molar-refractivity contribution is 9.10. The Labute approximate surface area is 140 Å². The summed E-state index contributed by atoms with van der Waals surface area (Å²) in [5.74, 6) is 0. The molecule has 0 heterocycles. The molecule has 0 saturated carbocycles. The molecule has 0 aliphatic heterocycles. The number of aryl methyl sites for hydroxylation is 1. The third kappa shape index (κ3) is 4.47. The highest BCUT2D eigenvalue weighted by Crippen LogP contribution is 2.27. The number of nitrogens with two attached hydrogens (primary N) is 1. The molecule has 0 radical (unpaired) electrons. The Morgan fingerprint density at radius 3 is 2.67 bits per heavy atom. The molecule has 0 amide bonds. The molecule has 0 bridgehead atoms. The zero-order valence-corrected chi connectivity index (χ0v) is 14.7. The summed E-state index contributed by atoms with van der Waals surface area (Å²) >= 11 is 9.67. The van der Waals surface area contributed by atoms with Gasteiger partial charge < -0.3 is 10.6 Å². The molecule has 0 aromatic heterocycles. The standard InChI is InChI=1S/C17H20BrClN2/c1-12-4-3-5-14(10-12)21(2)9-8-17(20)15-7-6-13(18)11-16(15)19/h3-7,10-11,17H,8-9,20H2,1-2H3. The van der Waals surface area contributed by atoms with E-state index in [1.165, 1.54) is 11.3 Å². The Morgan fingerprint density at radius 2 is 2.00 bits per heavy atom. The molecule has 21 heavy (non-hydrogen) atoms. The second kappa shape index (κ2) is 7.30. The maximum absolute atomic E-state index is 6.28. The lowest BCUT2D eigenvalue weighted by Crippen LogP contribution is -2.23. The van der Waals surface area contributed by atoms with Crippen molar-refractivity contribution in [3.05, 3.63) is 63.1 Å². The van der Waals surface area contributed by atoms with Crippen molar-refractivity contribution >= 4 is 33.2 Å². The van der Waals surface area contributed by atoms with E-state index >= 15 is 0 Å². The molecule has 2 rings (SSSR count). The lowest BCUT2D eigenvalue weighted by Gasteiger charge is -2.22. The fourth-order valence-corrected chi connectivity index (χ4v) is 3.10. The first-order valence-corrected chi connectivity index (χ1v) is 8.13. The summed E-state index contributed by atoms with van der Waals surface area (Å²) in [6.45, 7) is 2.99. The zero-order valence-electron chi connectivity index (χ0n) is 12.3. The predicted molar refractivity (Wildman–Crippen MR) is 95.1 cm³/mol. The lowest BCUT2D eigenvalue weighted by atomic mass is 10.0. The van der Waals surface area contributed by atoms with Crippen LogP contribution in [0.15, 0.2) is 46.9 Å². The first-order valence-electron chi connectivity index (χ1n) is 6.95. The molecular weight excluding hydrogens is 348 g/mol. The summed E-state index contributed by atoms with van der Waals surface area (Å²) in [5.41, 5.74) is 9.75. The zero-order chi connectivity index (χ0) is 15.4. The van der Waals surface area contributed by atoms with E-state index in [2.05, 4.69) is 59.1 Å². The maximum Gasteiger partial charge on any atom is 0.0464 e. The fourth-order valence-electron chi connectivity index (χ4n) is 2.28. The minimum atomic E-state index is -0.0575. The average Bonchev–Trinajstić information content (AvgIpc) is 2.44. The van der Waals surface area contributed by atoms with E-state index in [4.69, 9.17) is 17.3 Å². The van der Waals surface area contributed by atoms with Gasteiger partial charge in [-0.25, -0.2) is 0 Å². The van der Waals surface area contributed by atoms with Crippen molar-refractivity contribution in [3.63, 3.8) is 0 Å². The van der Waals surface area contributed by atoms with Gasteiger partial charge in [0.1, 0.15) is 0 Å². The van der Waals surface area contributed by atoms with Gasteiger partial charge in [0.2, 0.25) is 0 Å². The Bertz CT molecular complexity index is 615. The van der Waals surface area contributed by atoms with Crippen LogP contribution in [0.1, 0.15) is 23.6 Å². The summed E-state index contributed by atoms with van der Waals surface area (Å²) in [6, 6.07) is 14.3. The van der Waals surface area contributed by atoms with E-state index in [9.17, 15) is 0 Å². The summed E-state index contributed by atoms with van der Waals surface area (Å²) in [6.07, 6.45) is 0.853. The van der Waals surface area contributed by atoms with E-state index in [1.807, 2.05) is 18.2 Å². The van der Waals surface area contributed by atoms with Gasteiger partial charge in [0.15, 0.2) is 0 Å². The van der Waals surface area contributed by atoms with E-state index in [1.54, 1.807) is 0 Å². The van der Waals surface area contributed by atoms with Crippen LogP contribution in [0.5, 0.6) is 0 Å². The fraction of sp³-hybridized carbons (Fsp3) is 0.294. The number of hydrogen-bond donors (Lipinski definition) is 1. The van der Waals surface area contributed by atoms with Gasteiger partial charge in [0, 0.05) is 34.8 Å². The molecule has 2 nitrogen and oxygen atoms in total. The molecule has 0 saturated heterocycles. The average molecular weight is 368 g/mol. The van der Waals surface area contributed by atoms with Crippen molar-refractivity contribution in [2.45, 2.75) is 19.4 Å². The second-order valence-corrected chi connectivity index (χ2v) is 6.64. The number of nitrogens with zero attached hydrogens (tertiary/aromatic N) is 1. The van der Waals surface area contributed by atoms with Gasteiger partial charge in [-0.2, -0.15) is 0 Å². The minimum Gasteiger partial charge on any atom is -0.375 e. The van der Waals surface area contributed by atoms with Crippen LogP contribution in [-0.2, 0) is 0 Å². The van der Waals surface area contributed by atoms with Crippen LogP contribution >= 0.6 is 27.5 Å². The summed E-state index contributed by atoms with van der Waals surface area (Å²) in [5, 5.41) is 0.718. The molecule has 0 fully saturated rings. The highest BCUT2D eigenvalue weighted by atomic mass is 79.9. The van der Waals surface area contributed by atoms with Gasteiger partial charge in [-0.15, -0.1) is 0 Å². The number of benzene rings is 2. The lowest BCUT2D eigenvalue weighted by molar-refractivity contribution is 0.645. The molecule has 2 aromatic carbocycles. The third-order valence-corrected chi connectivity index (χ3v) is 4.40. The van der Waals surface area contributed by atoms with Crippen molar-refractivity contribution < 1.29 is 0 Å². The molecule has 2 aromatic rings. The normalized spacial score (nSPS) is 12.2. The molecule has 1 unspecified atom stereocenters. The Hall–Kier alpha value is -1.03. The van der Waals surface area contributed by atoms with Gasteiger partial charge in [-0.1, -0.05) is 45.7 Å². The van der Waals surface area contributed by atoms with Gasteiger partial charge in [-0.3, -0.25) is 0 Å². The quantitative estimate of drug-likeness (QED) is 0.811. The van der Waals surface area contributed by atoms with Gasteiger partial charge in [0.05, 0.1) is 0 Å². The van der Waals surface area contributed by atoms with Crippen LogP contribution in [-0.4, -0.2) is 13.6 Å². The monoisotopic (exact) mass is 366 g/mol. The summed E-state index contributed by atoms with van der Waals surface area (Å²) < 4.78 is 0.973. The van der Waals surface area contributed by atoms with Crippen molar-refractivity contribution in [2.24, 2.45) is 5.73 Å². The van der Waals surface area contributed by atoms with E-state index in [0.717, 1.165) is 28.0 Å². The summed E-state index contributed by atoms with van der Waals surface area (Å²) in [4.78, 5) is 2.22. The van der Waals surface area contributed by atoms with E-state index in [-0.39, 0.29) is 6.04 Å². The van der Waals surface area contributed by atoms with Crippen LogP contribution in [0.3, 0.4) is 0 Å². The Kier molecular flexibility index (Phi) is 5.68. The number of rotatable bonds is 5. The first kappa shape index (κ1) is 16.3. The largest absolute Gasteiger partial charge is 0.375 e. The van der Waals surface area contributed by atoms with Crippen LogP contribution < -0.4 is 10.6 Å². The van der Waals surface area contributed by atoms with Crippen LogP contribution in [0.4, 0.5) is 5.69 Å². The molecule has 4 heteroatoms. The van der Waals surface area contributed by atoms with Gasteiger partial charge >= 0.3 is 0 Å². The first-order chi connectivity index (χ1) is 9.97. The molecule has 0 aliphatic rings. The van der Waals surface area contributed by atoms with E-state index in [0.29, 0.717) is 0 Å². The molecule has 0 spiro atoms. The number of hydrogen-bond acceptors (Lipinski definition) is 2. The van der Waals surface area contributed by atoms with Crippen LogP contribution in [0.25, 0.3) is 0 Å². The molecule has 1 atom stereocenters.